The number of aliphatic hydroxyl groups is 1. The first-order valence-electron chi connectivity index (χ1n) is 6.88. The summed E-state index contributed by atoms with van der Waals surface area (Å²) in [6, 6.07) is 7.51. The fourth-order valence-corrected chi connectivity index (χ4v) is 1.90. The van der Waals surface area contributed by atoms with Gasteiger partial charge in [0, 0.05) is 26.6 Å². The SMILES string of the molecule is CN(CCC(N)=S)C(=O)CCOc1ccccc1CCO. The number of thiocarbonyl (C=S) groups is 1. The van der Waals surface area contributed by atoms with Crippen molar-refractivity contribution in [1.29, 1.82) is 0 Å². The molecule has 21 heavy (non-hydrogen) atoms. The second-order valence-electron chi connectivity index (χ2n) is 4.71. The van der Waals surface area contributed by atoms with Crippen LogP contribution in [0, 0.1) is 0 Å². The molecule has 0 radical (unpaired) electrons. The monoisotopic (exact) mass is 310 g/mol. The van der Waals surface area contributed by atoms with Gasteiger partial charge in [0.05, 0.1) is 18.0 Å². The second kappa shape index (κ2) is 9.31. The van der Waals surface area contributed by atoms with Crippen LogP contribution in [0.2, 0.25) is 0 Å². The molecule has 5 nitrogen and oxygen atoms in total. The van der Waals surface area contributed by atoms with Gasteiger partial charge >= 0.3 is 0 Å². The van der Waals surface area contributed by atoms with Gasteiger partial charge in [-0.3, -0.25) is 4.79 Å². The zero-order chi connectivity index (χ0) is 15.7. The van der Waals surface area contributed by atoms with Crippen molar-refractivity contribution >= 4 is 23.1 Å². The molecule has 0 aromatic heterocycles. The van der Waals surface area contributed by atoms with Crippen LogP contribution in [0.1, 0.15) is 18.4 Å². The highest BCUT2D eigenvalue weighted by Gasteiger charge is 2.10. The lowest BCUT2D eigenvalue weighted by Gasteiger charge is -2.17. The van der Waals surface area contributed by atoms with E-state index in [1.165, 1.54) is 0 Å². The third-order valence-corrected chi connectivity index (χ3v) is 3.25. The Morgan fingerprint density at radius 2 is 2.10 bits per heavy atom. The predicted molar refractivity (Wildman–Crippen MR) is 86.4 cm³/mol. The number of carbonyl (C=O) groups is 1. The number of nitrogens with zero attached hydrogens (tertiary/aromatic N) is 1. The summed E-state index contributed by atoms with van der Waals surface area (Å²) in [5.41, 5.74) is 6.35. The highest BCUT2D eigenvalue weighted by molar-refractivity contribution is 7.80. The number of carbonyl (C=O) groups excluding carboxylic acids is 1. The Balaban J connectivity index is 2.39. The van der Waals surface area contributed by atoms with Crippen LogP contribution in [-0.4, -0.2) is 47.7 Å². The van der Waals surface area contributed by atoms with E-state index in [1.54, 1.807) is 11.9 Å². The number of para-hydroxylation sites is 1. The van der Waals surface area contributed by atoms with Crippen molar-refractivity contribution in [3.63, 3.8) is 0 Å². The van der Waals surface area contributed by atoms with Crippen molar-refractivity contribution in [2.24, 2.45) is 5.73 Å². The second-order valence-corrected chi connectivity index (χ2v) is 5.24. The first-order valence-corrected chi connectivity index (χ1v) is 7.29. The van der Waals surface area contributed by atoms with Gasteiger partial charge in [-0.2, -0.15) is 0 Å². The standard InChI is InChI=1S/C15H22N2O3S/c1-17(9-6-14(16)21)15(19)8-11-20-13-5-3-2-4-12(13)7-10-18/h2-5,18H,6-11H2,1H3,(H2,16,21). The van der Waals surface area contributed by atoms with Gasteiger partial charge in [-0.05, 0) is 18.1 Å². The Bertz CT molecular complexity index is 480. The zero-order valence-corrected chi connectivity index (χ0v) is 13.1. The Kier molecular flexibility index (Phi) is 7.71. The normalized spacial score (nSPS) is 10.2. The number of ether oxygens (including phenoxy) is 1. The van der Waals surface area contributed by atoms with Crippen LogP contribution in [0.3, 0.4) is 0 Å². The minimum atomic E-state index is -0.00844. The Morgan fingerprint density at radius 1 is 1.38 bits per heavy atom. The molecule has 6 heteroatoms. The summed E-state index contributed by atoms with van der Waals surface area (Å²) in [6.07, 6.45) is 1.36. The molecule has 1 rings (SSSR count). The summed E-state index contributed by atoms with van der Waals surface area (Å²) in [5, 5.41) is 9.00. The van der Waals surface area contributed by atoms with Gasteiger partial charge in [0.25, 0.3) is 0 Å². The van der Waals surface area contributed by atoms with Gasteiger partial charge in [0.15, 0.2) is 0 Å². The molecular weight excluding hydrogens is 288 g/mol. The lowest BCUT2D eigenvalue weighted by Crippen LogP contribution is -2.31. The molecule has 0 saturated heterocycles. The van der Waals surface area contributed by atoms with Crippen LogP contribution in [0.5, 0.6) is 5.75 Å². The summed E-state index contributed by atoms with van der Waals surface area (Å²) < 4.78 is 5.63. The molecule has 1 aromatic carbocycles. The van der Waals surface area contributed by atoms with E-state index in [0.717, 1.165) is 5.56 Å². The third kappa shape index (κ3) is 6.55. The van der Waals surface area contributed by atoms with Crippen molar-refractivity contribution in [3.8, 4) is 5.75 Å². The van der Waals surface area contributed by atoms with E-state index in [1.807, 2.05) is 24.3 Å². The molecule has 0 fully saturated rings. The van der Waals surface area contributed by atoms with Crippen LogP contribution in [0.4, 0.5) is 0 Å². The Morgan fingerprint density at radius 3 is 2.76 bits per heavy atom. The van der Waals surface area contributed by atoms with Gasteiger partial charge in [-0.15, -0.1) is 0 Å². The van der Waals surface area contributed by atoms with Crippen molar-refractivity contribution in [1.82, 2.24) is 4.90 Å². The highest BCUT2D eigenvalue weighted by atomic mass is 32.1. The van der Waals surface area contributed by atoms with E-state index >= 15 is 0 Å². The molecule has 1 amide bonds. The van der Waals surface area contributed by atoms with Crippen molar-refractivity contribution in [3.05, 3.63) is 29.8 Å². The maximum atomic E-state index is 11.9. The molecule has 0 unspecified atom stereocenters. The van der Waals surface area contributed by atoms with Crippen LogP contribution in [0.25, 0.3) is 0 Å². The minimum Gasteiger partial charge on any atom is -0.493 e. The predicted octanol–water partition coefficient (Wildman–Crippen LogP) is 1.12. The largest absolute Gasteiger partial charge is 0.493 e. The Hall–Kier alpha value is -1.66. The lowest BCUT2D eigenvalue weighted by atomic mass is 10.1. The maximum Gasteiger partial charge on any atom is 0.225 e. The number of aliphatic hydroxyl groups excluding tert-OH is 1. The topological polar surface area (TPSA) is 75.8 Å². The van der Waals surface area contributed by atoms with Crippen molar-refractivity contribution in [2.45, 2.75) is 19.3 Å². The van der Waals surface area contributed by atoms with Crippen LogP contribution < -0.4 is 10.5 Å². The number of amides is 1. The number of benzene rings is 1. The zero-order valence-electron chi connectivity index (χ0n) is 12.2. The lowest BCUT2D eigenvalue weighted by molar-refractivity contribution is -0.130. The molecule has 1 aromatic rings. The van der Waals surface area contributed by atoms with Gasteiger partial charge < -0.3 is 20.5 Å². The average molecular weight is 310 g/mol. The van der Waals surface area contributed by atoms with Crippen LogP contribution >= 0.6 is 12.2 Å². The maximum absolute atomic E-state index is 11.9. The minimum absolute atomic E-state index is 0.00844. The first kappa shape index (κ1) is 17.4. The summed E-state index contributed by atoms with van der Waals surface area (Å²) in [4.78, 5) is 13.9. The van der Waals surface area contributed by atoms with E-state index in [-0.39, 0.29) is 12.5 Å². The summed E-state index contributed by atoms with van der Waals surface area (Å²) >= 11 is 4.79. The molecule has 0 bridgehead atoms. The first-order chi connectivity index (χ1) is 10.0. The van der Waals surface area contributed by atoms with E-state index in [0.29, 0.717) is 43.2 Å². The molecule has 0 saturated carbocycles. The summed E-state index contributed by atoms with van der Waals surface area (Å²) in [5.74, 6) is 0.705. The summed E-state index contributed by atoms with van der Waals surface area (Å²) in [7, 11) is 1.72. The molecular formula is C15H22N2O3S. The number of nitrogens with two attached hydrogens (primary N) is 1. The molecule has 0 aliphatic carbocycles. The van der Waals surface area contributed by atoms with Gasteiger partial charge in [-0.25, -0.2) is 0 Å². The molecule has 0 heterocycles. The molecule has 0 aliphatic heterocycles. The van der Waals surface area contributed by atoms with E-state index in [9.17, 15) is 4.79 Å². The quantitative estimate of drug-likeness (QED) is 0.669. The van der Waals surface area contributed by atoms with Crippen LogP contribution in [-0.2, 0) is 11.2 Å². The highest BCUT2D eigenvalue weighted by Crippen LogP contribution is 2.18. The molecule has 3 N–H and O–H groups in total. The number of hydrogen-bond acceptors (Lipinski definition) is 4. The molecule has 0 spiro atoms. The van der Waals surface area contributed by atoms with Crippen molar-refractivity contribution < 1.29 is 14.6 Å². The molecule has 0 atom stereocenters. The van der Waals surface area contributed by atoms with Gasteiger partial charge in [0.2, 0.25) is 5.91 Å². The summed E-state index contributed by atoms with van der Waals surface area (Å²) in [6.45, 7) is 0.898. The molecule has 116 valence electrons. The van der Waals surface area contributed by atoms with Gasteiger partial charge in [0.1, 0.15) is 5.75 Å². The van der Waals surface area contributed by atoms with E-state index in [2.05, 4.69) is 0 Å². The van der Waals surface area contributed by atoms with Crippen molar-refractivity contribution in [2.75, 3.05) is 26.8 Å². The van der Waals surface area contributed by atoms with Crippen LogP contribution in [0.15, 0.2) is 24.3 Å². The fraction of sp³-hybridized carbons (Fsp3) is 0.467. The number of hydrogen-bond donors (Lipinski definition) is 2. The van der Waals surface area contributed by atoms with E-state index in [4.69, 9.17) is 27.8 Å². The fourth-order valence-electron chi connectivity index (χ4n) is 1.81. The smallest absolute Gasteiger partial charge is 0.225 e. The molecule has 0 aliphatic rings. The number of rotatable bonds is 9. The average Bonchev–Trinajstić information content (AvgIpc) is 2.46. The third-order valence-electron chi connectivity index (χ3n) is 3.05. The van der Waals surface area contributed by atoms with Gasteiger partial charge in [-0.1, -0.05) is 30.4 Å². The Labute approximate surface area is 130 Å². The van der Waals surface area contributed by atoms with E-state index < -0.39 is 0 Å².